The van der Waals surface area contributed by atoms with Crippen molar-refractivity contribution in [2.45, 2.75) is 39.0 Å². The van der Waals surface area contributed by atoms with Gasteiger partial charge >= 0.3 is 5.97 Å². The highest BCUT2D eigenvalue weighted by Crippen LogP contribution is 2.43. The SMILES string of the molecule is CCCc1ccc(C(=O)C2(C(=O)O)CCC2)cc1. The summed E-state index contributed by atoms with van der Waals surface area (Å²) in [6.07, 6.45) is 3.81. The van der Waals surface area contributed by atoms with Crippen molar-refractivity contribution in [2.75, 3.05) is 0 Å². The quantitative estimate of drug-likeness (QED) is 0.641. The maximum Gasteiger partial charge on any atom is 0.317 e. The van der Waals surface area contributed by atoms with Gasteiger partial charge in [-0.1, -0.05) is 44.0 Å². The molecule has 2 rings (SSSR count). The zero-order valence-electron chi connectivity index (χ0n) is 10.6. The highest BCUT2D eigenvalue weighted by Gasteiger charge is 2.51. The molecule has 0 bridgehead atoms. The Hall–Kier alpha value is -1.64. The van der Waals surface area contributed by atoms with Gasteiger partial charge in [0.25, 0.3) is 0 Å². The molecule has 1 fully saturated rings. The van der Waals surface area contributed by atoms with E-state index in [2.05, 4.69) is 6.92 Å². The van der Waals surface area contributed by atoms with Crippen LogP contribution in [-0.2, 0) is 11.2 Å². The molecule has 0 spiro atoms. The molecule has 18 heavy (non-hydrogen) atoms. The van der Waals surface area contributed by atoms with Crippen LogP contribution < -0.4 is 0 Å². The summed E-state index contributed by atoms with van der Waals surface area (Å²) in [4.78, 5) is 23.5. The zero-order valence-corrected chi connectivity index (χ0v) is 10.6. The van der Waals surface area contributed by atoms with E-state index < -0.39 is 11.4 Å². The van der Waals surface area contributed by atoms with Crippen LogP contribution in [0, 0.1) is 5.41 Å². The molecular formula is C15H18O3. The van der Waals surface area contributed by atoms with Gasteiger partial charge in [-0.2, -0.15) is 0 Å². The van der Waals surface area contributed by atoms with Crippen molar-refractivity contribution in [1.29, 1.82) is 0 Å². The van der Waals surface area contributed by atoms with Crippen LogP contribution in [0.1, 0.15) is 48.5 Å². The van der Waals surface area contributed by atoms with E-state index in [1.165, 1.54) is 5.56 Å². The van der Waals surface area contributed by atoms with Crippen molar-refractivity contribution < 1.29 is 14.7 Å². The first-order valence-corrected chi connectivity index (χ1v) is 6.47. The minimum Gasteiger partial charge on any atom is -0.480 e. The summed E-state index contributed by atoms with van der Waals surface area (Å²) in [5, 5.41) is 9.23. The third-order valence-electron chi connectivity index (χ3n) is 3.81. The Morgan fingerprint density at radius 1 is 1.22 bits per heavy atom. The van der Waals surface area contributed by atoms with Crippen LogP contribution in [0.4, 0.5) is 0 Å². The number of Topliss-reactive ketones (excluding diaryl/α,β-unsaturated/α-hetero) is 1. The Kier molecular flexibility index (Phi) is 3.50. The smallest absolute Gasteiger partial charge is 0.317 e. The molecule has 1 aromatic rings. The summed E-state index contributed by atoms with van der Waals surface area (Å²) in [6.45, 7) is 2.10. The molecule has 96 valence electrons. The third-order valence-corrected chi connectivity index (χ3v) is 3.81. The van der Waals surface area contributed by atoms with Crippen LogP contribution in [0.25, 0.3) is 0 Å². The molecule has 1 saturated carbocycles. The van der Waals surface area contributed by atoms with Gasteiger partial charge in [-0.25, -0.2) is 0 Å². The fourth-order valence-electron chi connectivity index (χ4n) is 2.46. The first-order chi connectivity index (χ1) is 8.60. The minimum absolute atomic E-state index is 0.232. The number of carboxylic acids is 1. The fraction of sp³-hybridized carbons (Fsp3) is 0.467. The zero-order chi connectivity index (χ0) is 13.2. The maximum atomic E-state index is 12.3. The van der Waals surface area contributed by atoms with E-state index in [9.17, 15) is 14.7 Å². The maximum absolute atomic E-state index is 12.3. The van der Waals surface area contributed by atoms with Crippen LogP contribution in [0.2, 0.25) is 0 Å². The van der Waals surface area contributed by atoms with Gasteiger partial charge < -0.3 is 5.11 Å². The average molecular weight is 246 g/mol. The summed E-state index contributed by atoms with van der Waals surface area (Å²) in [5.74, 6) is -1.21. The number of aryl methyl sites for hydroxylation is 1. The molecule has 0 aromatic heterocycles. The topological polar surface area (TPSA) is 54.4 Å². The molecule has 1 aliphatic carbocycles. The Morgan fingerprint density at radius 2 is 1.83 bits per heavy atom. The van der Waals surface area contributed by atoms with E-state index in [4.69, 9.17) is 0 Å². The van der Waals surface area contributed by atoms with Gasteiger partial charge in [0.05, 0.1) is 0 Å². The lowest BCUT2D eigenvalue weighted by Crippen LogP contribution is -2.45. The standard InChI is InChI=1S/C15H18O3/c1-2-4-11-5-7-12(8-6-11)13(16)15(14(17)18)9-3-10-15/h5-8H,2-4,9-10H2,1H3,(H,17,18). The second kappa shape index (κ2) is 4.92. The van der Waals surface area contributed by atoms with Gasteiger partial charge in [0.1, 0.15) is 5.41 Å². The van der Waals surface area contributed by atoms with Crippen molar-refractivity contribution >= 4 is 11.8 Å². The van der Waals surface area contributed by atoms with Gasteiger partial charge in [-0.3, -0.25) is 9.59 Å². The molecule has 0 heterocycles. The van der Waals surface area contributed by atoms with Crippen LogP contribution >= 0.6 is 0 Å². The van der Waals surface area contributed by atoms with E-state index >= 15 is 0 Å². The van der Waals surface area contributed by atoms with Crippen molar-refractivity contribution in [2.24, 2.45) is 5.41 Å². The molecule has 0 amide bonds. The van der Waals surface area contributed by atoms with Crippen LogP contribution in [-0.4, -0.2) is 16.9 Å². The lowest BCUT2D eigenvalue weighted by molar-refractivity contribution is -0.150. The Balaban J connectivity index is 2.20. The highest BCUT2D eigenvalue weighted by atomic mass is 16.4. The molecule has 3 heteroatoms. The van der Waals surface area contributed by atoms with E-state index in [-0.39, 0.29) is 5.78 Å². The van der Waals surface area contributed by atoms with E-state index in [0.29, 0.717) is 18.4 Å². The third kappa shape index (κ3) is 2.05. The van der Waals surface area contributed by atoms with Crippen LogP contribution in [0.5, 0.6) is 0 Å². The Morgan fingerprint density at radius 3 is 2.22 bits per heavy atom. The summed E-state index contributed by atoms with van der Waals surface area (Å²) in [6, 6.07) is 7.36. The normalized spacial score (nSPS) is 16.9. The predicted molar refractivity (Wildman–Crippen MR) is 68.7 cm³/mol. The molecule has 3 nitrogen and oxygen atoms in total. The van der Waals surface area contributed by atoms with Gasteiger partial charge in [0, 0.05) is 5.56 Å². The van der Waals surface area contributed by atoms with Crippen molar-refractivity contribution in [3.8, 4) is 0 Å². The second-order valence-electron chi connectivity index (χ2n) is 5.02. The first-order valence-electron chi connectivity index (χ1n) is 6.47. The van der Waals surface area contributed by atoms with Gasteiger partial charge in [0.15, 0.2) is 5.78 Å². The number of aliphatic carboxylic acids is 1. The minimum atomic E-state index is -1.15. The number of hydrogen-bond acceptors (Lipinski definition) is 2. The summed E-state index contributed by atoms with van der Waals surface area (Å²) in [7, 11) is 0. The van der Waals surface area contributed by atoms with Crippen molar-refractivity contribution in [1.82, 2.24) is 0 Å². The lowest BCUT2D eigenvalue weighted by Gasteiger charge is -2.35. The molecule has 1 aliphatic rings. The van der Waals surface area contributed by atoms with Gasteiger partial charge in [0.2, 0.25) is 0 Å². The number of carbonyl (C=O) groups excluding carboxylic acids is 1. The molecular weight excluding hydrogens is 228 g/mol. The van der Waals surface area contributed by atoms with Crippen LogP contribution in [0.3, 0.4) is 0 Å². The van der Waals surface area contributed by atoms with Gasteiger partial charge in [-0.05, 0) is 24.8 Å². The van der Waals surface area contributed by atoms with Crippen molar-refractivity contribution in [3.63, 3.8) is 0 Å². The number of benzene rings is 1. The number of carboxylic acid groups (broad SMARTS) is 1. The molecule has 1 aromatic carbocycles. The first kappa shape index (κ1) is 12.8. The molecule has 0 aliphatic heterocycles. The summed E-state index contributed by atoms with van der Waals surface area (Å²) in [5.41, 5.74) is 0.565. The fourth-order valence-corrected chi connectivity index (χ4v) is 2.46. The van der Waals surface area contributed by atoms with Gasteiger partial charge in [-0.15, -0.1) is 0 Å². The van der Waals surface area contributed by atoms with E-state index in [1.54, 1.807) is 12.1 Å². The van der Waals surface area contributed by atoms with E-state index in [0.717, 1.165) is 19.3 Å². The molecule has 0 unspecified atom stereocenters. The highest BCUT2D eigenvalue weighted by molar-refractivity contribution is 6.12. The lowest BCUT2D eigenvalue weighted by atomic mass is 9.64. The number of hydrogen-bond donors (Lipinski definition) is 1. The largest absolute Gasteiger partial charge is 0.480 e. The predicted octanol–water partition coefficient (Wildman–Crippen LogP) is 3.08. The molecule has 1 N–H and O–H groups in total. The average Bonchev–Trinajstić information content (AvgIpc) is 2.28. The molecule has 0 radical (unpaired) electrons. The summed E-state index contributed by atoms with van der Waals surface area (Å²) >= 11 is 0. The summed E-state index contributed by atoms with van der Waals surface area (Å²) < 4.78 is 0. The number of ketones is 1. The molecule has 0 saturated heterocycles. The van der Waals surface area contributed by atoms with E-state index in [1.807, 2.05) is 12.1 Å². The van der Waals surface area contributed by atoms with Crippen molar-refractivity contribution in [3.05, 3.63) is 35.4 Å². The monoisotopic (exact) mass is 246 g/mol. The Labute approximate surface area is 107 Å². The Bertz CT molecular complexity index is 455. The molecule has 0 atom stereocenters. The number of carbonyl (C=O) groups is 2. The van der Waals surface area contributed by atoms with Crippen LogP contribution in [0.15, 0.2) is 24.3 Å². The second-order valence-corrected chi connectivity index (χ2v) is 5.02. The number of rotatable bonds is 5.